The maximum Gasteiger partial charge on any atom is 0.325 e. The fourth-order valence-corrected chi connectivity index (χ4v) is 2.89. The lowest BCUT2D eigenvalue weighted by atomic mass is 10.2. The molecule has 1 N–H and O–H groups in total. The Hall–Kier alpha value is -4.13. The van der Waals surface area contributed by atoms with E-state index < -0.39 is 11.9 Å². The number of hydrogen-bond acceptors (Lipinski definition) is 5. The molecule has 4 aromatic rings. The van der Waals surface area contributed by atoms with Crippen molar-refractivity contribution in [1.29, 1.82) is 0 Å². The summed E-state index contributed by atoms with van der Waals surface area (Å²) in [5.41, 5.74) is 2.39. The van der Waals surface area contributed by atoms with Crippen LogP contribution >= 0.6 is 0 Å². The number of nitrogens with zero attached hydrogens (tertiary/aromatic N) is 2. The first-order valence-corrected chi connectivity index (χ1v) is 9.38. The normalized spacial score (nSPS) is 10.5. The van der Waals surface area contributed by atoms with Gasteiger partial charge >= 0.3 is 5.97 Å². The van der Waals surface area contributed by atoms with Crippen LogP contribution in [0.15, 0.2) is 89.5 Å². The lowest BCUT2D eigenvalue weighted by molar-refractivity contribution is -0.143. The molecule has 0 aliphatic heterocycles. The first-order chi connectivity index (χ1) is 14.7. The van der Waals surface area contributed by atoms with Crippen LogP contribution in [0.2, 0.25) is 0 Å². The summed E-state index contributed by atoms with van der Waals surface area (Å²) >= 11 is 0. The SMILES string of the molecule is O=C(CNC(=O)c1cc(-c2ccco2)nn1-c1ccccc1)OCc1ccccc1. The summed E-state index contributed by atoms with van der Waals surface area (Å²) in [4.78, 5) is 24.8. The number of benzene rings is 2. The van der Waals surface area contributed by atoms with Gasteiger partial charge in [0.1, 0.15) is 24.5 Å². The molecule has 150 valence electrons. The van der Waals surface area contributed by atoms with E-state index in [0.29, 0.717) is 17.1 Å². The molecule has 7 nitrogen and oxygen atoms in total. The number of nitrogens with one attached hydrogen (secondary N) is 1. The summed E-state index contributed by atoms with van der Waals surface area (Å²) in [5.74, 6) is -0.425. The molecule has 0 bridgehead atoms. The monoisotopic (exact) mass is 401 g/mol. The van der Waals surface area contributed by atoms with Gasteiger partial charge in [-0.05, 0) is 29.8 Å². The Morgan fingerprint density at radius 3 is 2.40 bits per heavy atom. The molecule has 7 heteroatoms. The highest BCUT2D eigenvalue weighted by molar-refractivity contribution is 5.95. The molecular formula is C23H19N3O4. The van der Waals surface area contributed by atoms with E-state index >= 15 is 0 Å². The van der Waals surface area contributed by atoms with Crippen molar-refractivity contribution >= 4 is 11.9 Å². The number of esters is 1. The zero-order valence-electron chi connectivity index (χ0n) is 16.0. The number of carbonyl (C=O) groups excluding carboxylic acids is 2. The Morgan fingerprint density at radius 1 is 0.967 bits per heavy atom. The Morgan fingerprint density at radius 2 is 1.70 bits per heavy atom. The van der Waals surface area contributed by atoms with E-state index in [1.807, 2.05) is 60.7 Å². The molecule has 2 aromatic heterocycles. The van der Waals surface area contributed by atoms with Crippen LogP contribution in [0.4, 0.5) is 0 Å². The van der Waals surface area contributed by atoms with Gasteiger partial charge in [0.15, 0.2) is 5.76 Å². The molecule has 0 spiro atoms. The average Bonchev–Trinajstić information content (AvgIpc) is 3.47. The number of amides is 1. The van der Waals surface area contributed by atoms with Crippen molar-refractivity contribution in [2.24, 2.45) is 0 Å². The van der Waals surface area contributed by atoms with Crippen LogP contribution in [0.25, 0.3) is 17.1 Å². The molecule has 2 aromatic carbocycles. The minimum Gasteiger partial charge on any atom is -0.463 e. The first kappa shape index (κ1) is 19.2. The topological polar surface area (TPSA) is 86.4 Å². The van der Waals surface area contributed by atoms with Gasteiger partial charge in [-0.2, -0.15) is 5.10 Å². The van der Waals surface area contributed by atoms with Gasteiger partial charge in [-0.1, -0.05) is 48.5 Å². The largest absolute Gasteiger partial charge is 0.463 e. The summed E-state index contributed by atoms with van der Waals surface area (Å²) in [5, 5.41) is 7.09. The predicted octanol–water partition coefficient (Wildman–Crippen LogP) is 3.61. The highest BCUT2D eigenvalue weighted by atomic mass is 16.5. The van der Waals surface area contributed by atoms with E-state index in [-0.39, 0.29) is 18.8 Å². The zero-order valence-corrected chi connectivity index (χ0v) is 16.0. The zero-order chi connectivity index (χ0) is 20.8. The average molecular weight is 401 g/mol. The smallest absolute Gasteiger partial charge is 0.325 e. The molecule has 0 saturated carbocycles. The molecule has 0 atom stereocenters. The van der Waals surface area contributed by atoms with E-state index in [0.717, 1.165) is 5.56 Å². The van der Waals surface area contributed by atoms with Crippen LogP contribution in [0.5, 0.6) is 0 Å². The summed E-state index contributed by atoms with van der Waals surface area (Å²) in [6.45, 7) is -0.0954. The lowest BCUT2D eigenvalue weighted by Gasteiger charge is -2.08. The maximum atomic E-state index is 12.8. The van der Waals surface area contributed by atoms with Gasteiger partial charge < -0.3 is 14.5 Å². The Labute approximate surface area is 172 Å². The molecule has 1 amide bonds. The Kier molecular flexibility index (Phi) is 5.70. The summed E-state index contributed by atoms with van der Waals surface area (Å²) < 4.78 is 12.1. The number of furan rings is 1. The second-order valence-corrected chi connectivity index (χ2v) is 6.47. The van der Waals surface area contributed by atoms with Crippen molar-refractivity contribution in [3.63, 3.8) is 0 Å². The van der Waals surface area contributed by atoms with Crippen molar-refractivity contribution in [3.8, 4) is 17.1 Å². The molecule has 4 rings (SSSR count). The fraction of sp³-hybridized carbons (Fsp3) is 0.0870. The van der Waals surface area contributed by atoms with Gasteiger partial charge in [-0.15, -0.1) is 0 Å². The minimum atomic E-state index is -0.524. The van der Waals surface area contributed by atoms with E-state index in [4.69, 9.17) is 9.15 Å². The highest BCUT2D eigenvalue weighted by Gasteiger charge is 2.19. The van der Waals surface area contributed by atoms with E-state index in [1.165, 1.54) is 4.68 Å². The third kappa shape index (κ3) is 4.47. The number of ether oxygens (including phenoxy) is 1. The van der Waals surface area contributed by atoms with Crippen molar-refractivity contribution < 1.29 is 18.7 Å². The maximum absolute atomic E-state index is 12.8. The molecule has 30 heavy (non-hydrogen) atoms. The number of hydrogen-bond donors (Lipinski definition) is 1. The van der Waals surface area contributed by atoms with E-state index in [1.54, 1.807) is 24.5 Å². The van der Waals surface area contributed by atoms with E-state index in [2.05, 4.69) is 10.4 Å². The van der Waals surface area contributed by atoms with Crippen LogP contribution in [0.3, 0.4) is 0 Å². The van der Waals surface area contributed by atoms with Crippen molar-refractivity contribution in [2.45, 2.75) is 6.61 Å². The van der Waals surface area contributed by atoms with Crippen molar-refractivity contribution in [2.75, 3.05) is 6.54 Å². The second-order valence-electron chi connectivity index (χ2n) is 6.47. The van der Waals surface area contributed by atoms with Crippen molar-refractivity contribution in [3.05, 3.63) is 96.4 Å². The summed E-state index contributed by atoms with van der Waals surface area (Å²) in [6.07, 6.45) is 1.54. The lowest BCUT2D eigenvalue weighted by Crippen LogP contribution is -2.32. The standard InChI is InChI=1S/C23H19N3O4/c27-22(30-16-17-8-3-1-4-9-17)15-24-23(28)20-14-19(21-12-7-13-29-21)25-26(20)18-10-5-2-6-11-18/h1-14H,15-16H2,(H,24,28). The number of carbonyl (C=O) groups is 2. The predicted molar refractivity (Wildman–Crippen MR) is 110 cm³/mol. The quantitative estimate of drug-likeness (QED) is 0.478. The van der Waals surface area contributed by atoms with Gasteiger partial charge in [-0.3, -0.25) is 9.59 Å². The fourth-order valence-electron chi connectivity index (χ4n) is 2.89. The van der Waals surface area contributed by atoms with Crippen LogP contribution in [-0.4, -0.2) is 28.2 Å². The molecule has 0 fully saturated rings. The Bertz CT molecular complexity index is 1120. The molecular weight excluding hydrogens is 382 g/mol. The molecule has 0 aliphatic rings. The van der Waals surface area contributed by atoms with E-state index in [9.17, 15) is 9.59 Å². The highest BCUT2D eigenvalue weighted by Crippen LogP contribution is 2.22. The number of rotatable bonds is 7. The third-order valence-electron chi connectivity index (χ3n) is 4.35. The van der Waals surface area contributed by atoms with Gasteiger partial charge in [0.05, 0.1) is 12.0 Å². The van der Waals surface area contributed by atoms with Gasteiger partial charge in [-0.25, -0.2) is 4.68 Å². The van der Waals surface area contributed by atoms with Gasteiger partial charge in [0.2, 0.25) is 0 Å². The molecule has 0 saturated heterocycles. The third-order valence-corrected chi connectivity index (χ3v) is 4.35. The second kappa shape index (κ2) is 8.91. The number of aromatic nitrogens is 2. The molecule has 2 heterocycles. The van der Waals surface area contributed by atoms with Crippen molar-refractivity contribution in [1.82, 2.24) is 15.1 Å². The summed E-state index contributed by atoms with van der Waals surface area (Å²) in [7, 11) is 0. The van der Waals surface area contributed by atoms with Gasteiger partial charge in [0, 0.05) is 6.07 Å². The first-order valence-electron chi connectivity index (χ1n) is 9.38. The van der Waals surface area contributed by atoms with Crippen LogP contribution in [0, 0.1) is 0 Å². The Balaban J connectivity index is 1.47. The molecule has 0 radical (unpaired) electrons. The van der Waals surface area contributed by atoms with Crippen LogP contribution < -0.4 is 5.32 Å². The molecule has 0 aliphatic carbocycles. The summed E-state index contributed by atoms with van der Waals surface area (Å²) in [6, 6.07) is 23.7. The molecule has 0 unspecified atom stereocenters. The van der Waals surface area contributed by atoms with Gasteiger partial charge in [0.25, 0.3) is 5.91 Å². The van der Waals surface area contributed by atoms with Crippen LogP contribution in [-0.2, 0) is 16.1 Å². The number of para-hydroxylation sites is 1. The minimum absolute atomic E-state index is 0.153. The van der Waals surface area contributed by atoms with Crippen LogP contribution in [0.1, 0.15) is 16.1 Å².